The van der Waals surface area contributed by atoms with E-state index in [0.29, 0.717) is 16.9 Å². The van der Waals surface area contributed by atoms with Crippen LogP contribution in [0.4, 0.5) is 5.69 Å². The van der Waals surface area contributed by atoms with Crippen LogP contribution >= 0.6 is 0 Å². The summed E-state index contributed by atoms with van der Waals surface area (Å²) in [5, 5.41) is 29.3. The molecule has 0 spiro atoms. The molecule has 1 atom stereocenters. The summed E-state index contributed by atoms with van der Waals surface area (Å²) < 4.78 is 1.66. The van der Waals surface area contributed by atoms with E-state index in [1.165, 1.54) is 12.1 Å². The van der Waals surface area contributed by atoms with Crippen molar-refractivity contribution in [1.29, 1.82) is 0 Å². The Bertz CT molecular complexity index is 591. The maximum absolute atomic E-state index is 10.7. The van der Waals surface area contributed by atoms with E-state index >= 15 is 0 Å². The quantitative estimate of drug-likeness (QED) is 0.623. The van der Waals surface area contributed by atoms with Crippen LogP contribution in [0.2, 0.25) is 0 Å². The lowest BCUT2D eigenvalue weighted by Gasteiger charge is -2.08. The van der Waals surface area contributed by atoms with Gasteiger partial charge in [-0.25, -0.2) is 4.98 Å². The number of nitrogens with zero attached hydrogens (tertiary/aromatic N) is 3. The zero-order valence-corrected chi connectivity index (χ0v) is 9.78. The van der Waals surface area contributed by atoms with Gasteiger partial charge in [0.05, 0.1) is 22.6 Å². The summed E-state index contributed by atoms with van der Waals surface area (Å²) >= 11 is 0. The van der Waals surface area contributed by atoms with E-state index < -0.39 is 11.0 Å². The van der Waals surface area contributed by atoms with E-state index in [9.17, 15) is 15.2 Å². The normalized spacial score (nSPS) is 12.8. The van der Waals surface area contributed by atoms with Gasteiger partial charge in [-0.3, -0.25) is 10.1 Å². The summed E-state index contributed by atoms with van der Waals surface area (Å²) in [6.45, 7) is 1.75. The maximum Gasteiger partial charge on any atom is 0.271 e. The van der Waals surface area contributed by atoms with Crippen LogP contribution in [0.1, 0.15) is 18.9 Å². The molecule has 0 bridgehead atoms. The third-order valence-corrected chi connectivity index (χ3v) is 2.67. The van der Waals surface area contributed by atoms with Crippen molar-refractivity contribution in [3.8, 4) is 0 Å². The molecule has 1 aromatic carbocycles. The Kier molecular flexibility index (Phi) is 3.26. The topological polar surface area (TPSA) is 101 Å². The van der Waals surface area contributed by atoms with Gasteiger partial charge in [0.15, 0.2) is 0 Å². The summed E-state index contributed by atoms with van der Waals surface area (Å²) in [5.41, 5.74) is 1.05. The predicted molar refractivity (Wildman–Crippen MR) is 64.1 cm³/mol. The highest BCUT2D eigenvalue weighted by Crippen LogP contribution is 2.24. The van der Waals surface area contributed by atoms with Crippen molar-refractivity contribution in [2.24, 2.45) is 0 Å². The monoisotopic (exact) mass is 251 g/mol. The molecule has 0 radical (unpaired) electrons. The first-order valence-corrected chi connectivity index (χ1v) is 5.48. The molecule has 0 amide bonds. The predicted octanol–water partition coefficient (Wildman–Crippen LogP) is 0.990. The van der Waals surface area contributed by atoms with Crippen LogP contribution < -0.4 is 0 Å². The molecule has 1 unspecified atom stereocenters. The Morgan fingerprint density at radius 1 is 1.56 bits per heavy atom. The third kappa shape index (κ3) is 2.05. The fourth-order valence-electron chi connectivity index (χ4n) is 1.90. The summed E-state index contributed by atoms with van der Waals surface area (Å²) in [4.78, 5) is 14.4. The van der Waals surface area contributed by atoms with Gasteiger partial charge in [0, 0.05) is 18.7 Å². The zero-order valence-electron chi connectivity index (χ0n) is 9.78. The highest BCUT2D eigenvalue weighted by atomic mass is 16.6. The van der Waals surface area contributed by atoms with Crippen LogP contribution in [0.5, 0.6) is 0 Å². The second kappa shape index (κ2) is 4.71. The number of benzene rings is 1. The average molecular weight is 251 g/mol. The minimum atomic E-state index is -0.803. The molecule has 2 N–H and O–H groups in total. The van der Waals surface area contributed by atoms with Gasteiger partial charge < -0.3 is 14.8 Å². The van der Waals surface area contributed by atoms with Crippen LogP contribution in [0.15, 0.2) is 18.2 Å². The first-order chi connectivity index (χ1) is 8.54. The van der Waals surface area contributed by atoms with Crippen LogP contribution in [-0.4, -0.2) is 31.3 Å². The van der Waals surface area contributed by atoms with Crippen LogP contribution in [0.3, 0.4) is 0 Å². The molecule has 1 heterocycles. The SMILES string of the molecule is CC(O)c1nc2cc([N+](=O)[O-])ccc2n1CCO. The molecule has 0 saturated carbocycles. The van der Waals surface area contributed by atoms with E-state index in [-0.39, 0.29) is 18.8 Å². The smallest absolute Gasteiger partial charge is 0.271 e. The molecule has 7 heteroatoms. The molecule has 1 aromatic heterocycles. The van der Waals surface area contributed by atoms with Crippen LogP contribution in [0, 0.1) is 10.1 Å². The molecule has 0 saturated heterocycles. The number of nitro groups is 1. The average Bonchev–Trinajstić information content (AvgIpc) is 2.68. The molecule has 2 rings (SSSR count). The van der Waals surface area contributed by atoms with Crippen molar-refractivity contribution < 1.29 is 15.1 Å². The van der Waals surface area contributed by atoms with E-state index in [4.69, 9.17) is 5.11 Å². The molecule has 2 aromatic rings. The Morgan fingerprint density at radius 2 is 2.28 bits per heavy atom. The second-order valence-corrected chi connectivity index (χ2v) is 3.95. The number of aliphatic hydroxyl groups excluding tert-OH is 2. The van der Waals surface area contributed by atoms with Gasteiger partial charge in [-0.1, -0.05) is 0 Å². The Hall–Kier alpha value is -1.99. The second-order valence-electron chi connectivity index (χ2n) is 3.95. The summed E-state index contributed by atoms with van der Waals surface area (Å²) in [6, 6.07) is 4.31. The molecule has 0 aliphatic rings. The highest BCUT2D eigenvalue weighted by Gasteiger charge is 2.16. The first-order valence-electron chi connectivity index (χ1n) is 5.48. The van der Waals surface area contributed by atoms with E-state index in [2.05, 4.69) is 4.98 Å². The van der Waals surface area contributed by atoms with Crippen molar-refractivity contribution in [2.45, 2.75) is 19.6 Å². The molecular formula is C11H13N3O4. The lowest BCUT2D eigenvalue weighted by Crippen LogP contribution is -2.09. The zero-order chi connectivity index (χ0) is 13.3. The molecule has 18 heavy (non-hydrogen) atoms. The van der Waals surface area contributed by atoms with Crippen LogP contribution in [0.25, 0.3) is 11.0 Å². The van der Waals surface area contributed by atoms with Crippen molar-refractivity contribution >= 4 is 16.7 Å². The van der Waals surface area contributed by atoms with Gasteiger partial charge in [0.25, 0.3) is 5.69 Å². The number of aromatic nitrogens is 2. The lowest BCUT2D eigenvalue weighted by atomic mass is 10.3. The highest BCUT2D eigenvalue weighted by molar-refractivity contribution is 5.78. The number of hydrogen-bond acceptors (Lipinski definition) is 5. The van der Waals surface area contributed by atoms with Crippen molar-refractivity contribution in [3.63, 3.8) is 0 Å². The third-order valence-electron chi connectivity index (χ3n) is 2.67. The number of imidazole rings is 1. The number of fused-ring (bicyclic) bond motifs is 1. The van der Waals surface area contributed by atoms with Gasteiger partial charge in [-0.15, -0.1) is 0 Å². The Balaban J connectivity index is 2.64. The molecule has 7 nitrogen and oxygen atoms in total. The van der Waals surface area contributed by atoms with Gasteiger partial charge >= 0.3 is 0 Å². The molecule has 0 aliphatic heterocycles. The first kappa shape index (κ1) is 12.5. The van der Waals surface area contributed by atoms with Crippen LogP contribution in [-0.2, 0) is 6.54 Å². The minimum absolute atomic E-state index is 0.0479. The Morgan fingerprint density at radius 3 is 2.83 bits per heavy atom. The number of rotatable bonds is 4. The number of non-ortho nitro benzene ring substituents is 1. The van der Waals surface area contributed by atoms with Gasteiger partial charge in [-0.2, -0.15) is 0 Å². The number of aliphatic hydroxyl groups is 2. The van der Waals surface area contributed by atoms with Crippen molar-refractivity contribution in [1.82, 2.24) is 9.55 Å². The summed E-state index contributed by atoms with van der Waals surface area (Å²) in [7, 11) is 0. The standard InChI is InChI=1S/C11H13N3O4/c1-7(16)11-12-9-6-8(14(17)18)2-3-10(9)13(11)4-5-15/h2-3,6-7,15-16H,4-5H2,1H3. The summed E-state index contributed by atoms with van der Waals surface area (Å²) in [6.07, 6.45) is -0.803. The fraction of sp³-hybridized carbons (Fsp3) is 0.364. The Labute approximate surface area is 102 Å². The summed E-state index contributed by atoms with van der Waals surface area (Å²) in [5.74, 6) is 0.388. The fourth-order valence-corrected chi connectivity index (χ4v) is 1.90. The lowest BCUT2D eigenvalue weighted by molar-refractivity contribution is -0.384. The van der Waals surface area contributed by atoms with E-state index in [1.54, 1.807) is 17.6 Å². The maximum atomic E-state index is 10.7. The van der Waals surface area contributed by atoms with Crippen molar-refractivity contribution in [3.05, 3.63) is 34.1 Å². The number of nitro benzene ring substituents is 1. The molecule has 0 aliphatic carbocycles. The molecular weight excluding hydrogens is 238 g/mol. The minimum Gasteiger partial charge on any atom is -0.395 e. The van der Waals surface area contributed by atoms with Crippen molar-refractivity contribution in [2.75, 3.05) is 6.61 Å². The van der Waals surface area contributed by atoms with E-state index in [1.807, 2.05) is 0 Å². The molecule has 96 valence electrons. The molecule has 0 fully saturated rings. The number of hydrogen-bond donors (Lipinski definition) is 2. The van der Waals surface area contributed by atoms with Gasteiger partial charge in [0.2, 0.25) is 0 Å². The largest absolute Gasteiger partial charge is 0.395 e. The van der Waals surface area contributed by atoms with E-state index in [0.717, 1.165) is 0 Å². The van der Waals surface area contributed by atoms with Gasteiger partial charge in [-0.05, 0) is 13.0 Å². The van der Waals surface area contributed by atoms with Gasteiger partial charge in [0.1, 0.15) is 11.9 Å².